The summed E-state index contributed by atoms with van der Waals surface area (Å²) in [6.07, 6.45) is 0.241. The normalized spacial score (nSPS) is 12.9. The van der Waals surface area contributed by atoms with Gasteiger partial charge in [-0.3, -0.25) is 0 Å². The first-order valence-corrected chi connectivity index (χ1v) is 5.50. The van der Waals surface area contributed by atoms with E-state index in [4.69, 9.17) is 4.74 Å². The lowest BCUT2D eigenvalue weighted by Gasteiger charge is -2.16. The quantitative estimate of drug-likeness (QED) is 0.800. The van der Waals surface area contributed by atoms with E-state index >= 15 is 0 Å². The fraction of sp³-hybridized carbons (Fsp3) is 0.538. The van der Waals surface area contributed by atoms with E-state index < -0.39 is 0 Å². The maximum absolute atomic E-state index is 5.21. The second-order valence-corrected chi connectivity index (χ2v) is 4.17. The van der Waals surface area contributed by atoms with Gasteiger partial charge in [-0.2, -0.15) is 0 Å². The molecule has 0 saturated heterocycles. The van der Waals surface area contributed by atoms with Crippen LogP contribution in [-0.4, -0.2) is 19.8 Å². The highest BCUT2D eigenvalue weighted by Gasteiger charge is 2.06. The highest BCUT2D eigenvalue weighted by Crippen LogP contribution is 2.23. The molecule has 2 heteroatoms. The third kappa shape index (κ3) is 3.56. The molecule has 1 atom stereocenters. The van der Waals surface area contributed by atoms with Gasteiger partial charge >= 0.3 is 0 Å². The van der Waals surface area contributed by atoms with Crippen molar-refractivity contribution in [2.45, 2.75) is 32.8 Å². The maximum Gasteiger partial charge on any atom is 0.0715 e. The van der Waals surface area contributed by atoms with Crippen molar-refractivity contribution in [2.75, 3.05) is 19.0 Å². The number of nitrogens with one attached hydrogen (secondary N) is 1. The Labute approximate surface area is 92.6 Å². The van der Waals surface area contributed by atoms with Gasteiger partial charge in [0.15, 0.2) is 0 Å². The first-order valence-electron chi connectivity index (χ1n) is 5.50. The van der Waals surface area contributed by atoms with Crippen LogP contribution in [0.4, 0.5) is 5.69 Å². The van der Waals surface area contributed by atoms with Gasteiger partial charge in [0.2, 0.25) is 0 Å². The highest BCUT2D eigenvalue weighted by molar-refractivity contribution is 5.52. The van der Waals surface area contributed by atoms with E-state index in [1.165, 1.54) is 11.3 Å². The predicted molar refractivity (Wildman–Crippen MR) is 65.5 cm³/mol. The third-order valence-corrected chi connectivity index (χ3v) is 2.57. The number of hydrogen-bond acceptors (Lipinski definition) is 2. The number of rotatable bonds is 5. The van der Waals surface area contributed by atoms with Crippen molar-refractivity contribution in [3.63, 3.8) is 0 Å². The maximum atomic E-state index is 5.21. The molecule has 0 saturated carbocycles. The first kappa shape index (κ1) is 12.1. The lowest BCUT2D eigenvalue weighted by atomic mass is 10.0. The molecule has 15 heavy (non-hydrogen) atoms. The third-order valence-electron chi connectivity index (χ3n) is 2.57. The summed E-state index contributed by atoms with van der Waals surface area (Å²) in [6.45, 7) is 7.33. The van der Waals surface area contributed by atoms with Crippen LogP contribution in [0, 0.1) is 0 Å². The van der Waals surface area contributed by atoms with E-state index in [1.54, 1.807) is 7.11 Å². The Balaban J connectivity index is 2.67. The van der Waals surface area contributed by atoms with Crippen LogP contribution < -0.4 is 5.32 Å². The van der Waals surface area contributed by atoms with Crippen LogP contribution >= 0.6 is 0 Å². The fourth-order valence-electron chi connectivity index (χ4n) is 1.50. The van der Waals surface area contributed by atoms with Gasteiger partial charge in [-0.1, -0.05) is 32.0 Å². The summed E-state index contributed by atoms with van der Waals surface area (Å²) < 4.78 is 5.21. The molecule has 1 rings (SSSR count). The van der Waals surface area contributed by atoms with Gasteiger partial charge < -0.3 is 10.1 Å². The van der Waals surface area contributed by atoms with E-state index in [0.717, 1.165) is 6.54 Å². The van der Waals surface area contributed by atoms with Gasteiger partial charge in [0.05, 0.1) is 6.10 Å². The van der Waals surface area contributed by atoms with E-state index in [0.29, 0.717) is 5.92 Å². The molecule has 0 aliphatic heterocycles. The summed E-state index contributed by atoms with van der Waals surface area (Å²) >= 11 is 0. The molecule has 0 heterocycles. The summed E-state index contributed by atoms with van der Waals surface area (Å²) in [6, 6.07) is 8.44. The topological polar surface area (TPSA) is 21.3 Å². The molecule has 0 aliphatic carbocycles. The lowest BCUT2D eigenvalue weighted by Crippen LogP contribution is -2.18. The molecule has 1 unspecified atom stereocenters. The monoisotopic (exact) mass is 207 g/mol. The zero-order valence-electron chi connectivity index (χ0n) is 10.1. The Hall–Kier alpha value is -1.02. The molecule has 0 amide bonds. The molecular formula is C13H21NO. The second-order valence-electron chi connectivity index (χ2n) is 4.17. The standard InChI is InChI=1S/C13H21NO/c1-10(2)12-7-5-6-8-13(12)14-9-11(3)15-4/h5-8,10-11,14H,9H2,1-4H3. The average molecular weight is 207 g/mol. The highest BCUT2D eigenvalue weighted by atomic mass is 16.5. The van der Waals surface area contributed by atoms with Crippen LogP contribution in [0.3, 0.4) is 0 Å². The smallest absolute Gasteiger partial charge is 0.0715 e. The zero-order valence-corrected chi connectivity index (χ0v) is 10.1. The fourth-order valence-corrected chi connectivity index (χ4v) is 1.50. The van der Waals surface area contributed by atoms with Gasteiger partial charge in [0.25, 0.3) is 0 Å². The van der Waals surface area contributed by atoms with Crippen molar-refractivity contribution in [1.82, 2.24) is 0 Å². The Morgan fingerprint density at radius 1 is 1.20 bits per heavy atom. The minimum absolute atomic E-state index is 0.241. The van der Waals surface area contributed by atoms with Crippen LogP contribution in [-0.2, 0) is 4.74 Å². The van der Waals surface area contributed by atoms with Crippen LogP contribution in [0.1, 0.15) is 32.3 Å². The molecule has 84 valence electrons. The van der Waals surface area contributed by atoms with Gasteiger partial charge in [0.1, 0.15) is 0 Å². The van der Waals surface area contributed by atoms with E-state index in [9.17, 15) is 0 Å². The molecule has 0 bridgehead atoms. The molecule has 0 aliphatic rings. The van der Waals surface area contributed by atoms with Crippen molar-refractivity contribution in [1.29, 1.82) is 0 Å². The van der Waals surface area contributed by atoms with Crippen molar-refractivity contribution in [3.05, 3.63) is 29.8 Å². The molecular weight excluding hydrogens is 186 g/mol. The number of hydrogen-bond donors (Lipinski definition) is 1. The summed E-state index contributed by atoms with van der Waals surface area (Å²) in [5, 5.41) is 3.42. The van der Waals surface area contributed by atoms with Crippen molar-refractivity contribution in [2.24, 2.45) is 0 Å². The molecule has 0 radical (unpaired) electrons. The number of benzene rings is 1. The molecule has 1 N–H and O–H groups in total. The number of para-hydroxylation sites is 1. The number of methoxy groups -OCH3 is 1. The summed E-state index contributed by atoms with van der Waals surface area (Å²) in [5.74, 6) is 0.548. The van der Waals surface area contributed by atoms with E-state index in [1.807, 2.05) is 0 Å². The van der Waals surface area contributed by atoms with Crippen LogP contribution in [0.5, 0.6) is 0 Å². The summed E-state index contributed by atoms with van der Waals surface area (Å²) in [7, 11) is 1.74. The minimum atomic E-state index is 0.241. The average Bonchev–Trinajstić information content (AvgIpc) is 2.26. The van der Waals surface area contributed by atoms with Crippen LogP contribution in [0.25, 0.3) is 0 Å². The predicted octanol–water partition coefficient (Wildman–Crippen LogP) is 3.26. The Kier molecular flexibility index (Phi) is 4.63. The van der Waals surface area contributed by atoms with Gasteiger partial charge in [-0.05, 0) is 24.5 Å². The summed E-state index contributed by atoms with van der Waals surface area (Å²) in [5.41, 5.74) is 2.58. The Morgan fingerprint density at radius 3 is 2.47 bits per heavy atom. The zero-order chi connectivity index (χ0) is 11.3. The molecule has 0 spiro atoms. The molecule has 0 fully saturated rings. The summed E-state index contributed by atoms with van der Waals surface area (Å²) in [4.78, 5) is 0. The largest absolute Gasteiger partial charge is 0.382 e. The SMILES string of the molecule is COC(C)CNc1ccccc1C(C)C. The molecule has 0 aromatic heterocycles. The van der Waals surface area contributed by atoms with Crippen molar-refractivity contribution in [3.8, 4) is 0 Å². The Morgan fingerprint density at radius 2 is 1.87 bits per heavy atom. The van der Waals surface area contributed by atoms with Gasteiger partial charge in [-0.15, -0.1) is 0 Å². The van der Waals surface area contributed by atoms with Gasteiger partial charge in [0, 0.05) is 19.3 Å². The number of ether oxygens (including phenoxy) is 1. The van der Waals surface area contributed by atoms with Crippen molar-refractivity contribution < 1.29 is 4.74 Å². The second kappa shape index (κ2) is 5.76. The first-order chi connectivity index (χ1) is 7.15. The molecule has 1 aromatic rings. The molecule has 1 aromatic carbocycles. The van der Waals surface area contributed by atoms with E-state index in [2.05, 4.69) is 50.4 Å². The van der Waals surface area contributed by atoms with Gasteiger partial charge in [-0.25, -0.2) is 0 Å². The van der Waals surface area contributed by atoms with Crippen LogP contribution in [0.2, 0.25) is 0 Å². The number of anilines is 1. The van der Waals surface area contributed by atoms with Crippen molar-refractivity contribution >= 4 is 5.69 Å². The minimum Gasteiger partial charge on any atom is -0.382 e. The Bertz CT molecular complexity index is 296. The van der Waals surface area contributed by atoms with Crippen LogP contribution in [0.15, 0.2) is 24.3 Å². The lowest BCUT2D eigenvalue weighted by molar-refractivity contribution is 0.129. The molecule has 2 nitrogen and oxygen atoms in total. The van der Waals surface area contributed by atoms with E-state index in [-0.39, 0.29) is 6.10 Å².